The molecule has 10 nitrogen and oxygen atoms in total. The molecule has 0 saturated heterocycles. The third kappa shape index (κ3) is 4.15. The SMILES string of the molecule is Cn1c(=O)c2c(ncn2COC(=O)C(C)(C)C)n(COC(=O)C(C)(C)C)c1=O. The van der Waals surface area contributed by atoms with E-state index in [1.54, 1.807) is 41.5 Å². The first-order valence-electron chi connectivity index (χ1n) is 8.74. The van der Waals surface area contributed by atoms with Crippen LogP contribution in [0.1, 0.15) is 41.5 Å². The van der Waals surface area contributed by atoms with Crippen LogP contribution in [0.3, 0.4) is 0 Å². The van der Waals surface area contributed by atoms with Gasteiger partial charge in [0.2, 0.25) is 0 Å². The first-order valence-corrected chi connectivity index (χ1v) is 8.74. The van der Waals surface area contributed by atoms with E-state index in [4.69, 9.17) is 9.47 Å². The third-order valence-electron chi connectivity index (χ3n) is 3.98. The van der Waals surface area contributed by atoms with Gasteiger partial charge in [-0.3, -0.25) is 23.5 Å². The number of esters is 2. The van der Waals surface area contributed by atoms with Crippen LogP contribution >= 0.6 is 0 Å². The van der Waals surface area contributed by atoms with Crippen molar-refractivity contribution in [1.29, 1.82) is 0 Å². The summed E-state index contributed by atoms with van der Waals surface area (Å²) >= 11 is 0. The highest BCUT2D eigenvalue weighted by molar-refractivity contribution is 5.76. The molecule has 0 spiro atoms. The standard InChI is InChI=1S/C18H26N4O6/c1-17(2,3)14(24)27-9-21-8-19-12-11(21)13(23)20(7)16(26)22(12)10-28-15(25)18(4,5)6/h8H,9-10H2,1-7H3. The fourth-order valence-electron chi connectivity index (χ4n) is 2.20. The van der Waals surface area contributed by atoms with Gasteiger partial charge in [-0.2, -0.15) is 0 Å². The van der Waals surface area contributed by atoms with E-state index in [1.165, 1.54) is 17.9 Å². The van der Waals surface area contributed by atoms with Crippen LogP contribution < -0.4 is 11.2 Å². The maximum Gasteiger partial charge on any atom is 0.335 e. The molecule has 154 valence electrons. The van der Waals surface area contributed by atoms with Gasteiger partial charge in [0, 0.05) is 7.05 Å². The maximum absolute atomic E-state index is 12.6. The quantitative estimate of drug-likeness (QED) is 0.710. The number of carbonyl (C=O) groups excluding carboxylic acids is 2. The fourth-order valence-corrected chi connectivity index (χ4v) is 2.20. The van der Waals surface area contributed by atoms with Crippen LogP contribution in [-0.2, 0) is 39.6 Å². The minimum absolute atomic E-state index is 0.0432. The molecule has 10 heteroatoms. The molecule has 2 rings (SSSR count). The number of imidazole rings is 1. The lowest BCUT2D eigenvalue weighted by molar-refractivity contribution is -0.157. The normalized spacial score (nSPS) is 12.2. The van der Waals surface area contributed by atoms with E-state index in [-0.39, 0.29) is 17.9 Å². The smallest absolute Gasteiger partial charge is 0.335 e. The molecular formula is C18H26N4O6. The molecule has 0 N–H and O–H groups in total. The van der Waals surface area contributed by atoms with E-state index >= 15 is 0 Å². The van der Waals surface area contributed by atoms with Crippen molar-refractivity contribution in [3.8, 4) is 0 Å². The molecule has 0 amide bonds. The van der Waals surface area contributed by atoms with E-state index in [0.29, 0.717) is 0 Å². The molecular weight excluding hydrogens is 368 g/mol. The molecule has 0 unspecified atom stereocenters. The molecule has 0 saturated carbocycles. The second kappa shape index (κ2) is 7.25. The summed E-state index contributed by atoms with van der Waals surface area (Å²) in [5.41, 5.74) is -2.61. The zero-order chi connectivity index (χ0) is 21.4. The lowest BCUT2D eigenvalue weighted by Crippen LogP contribution is -2.40. The summed E-state index contributed by atoms with van der Waals surface area (Å²) in [6.45, 7) is 9.57. The second-order valence-electron chi connectivity index (χ2n) is 8.58. The van der Waals surface area contributed by atoms with E-state index in [1.807, 2.05) is 0 Å². The summed E-state index contributed by atoms with van der Waals surface area (Å²) < 4.78 is 13.7. The summed E-state index contributed by atoms with van der Waals surface area (Å²) in [7, 11) is 1.31. The number of hydrogen-bond acceptors (Lipinski definition) is 7. The largest absolute Gasteiger partial charge is 0.443 e. The van der Waals surface area contributed by atoms with Crippen molar-refractivity contribution in [2.75, 3.05) is 0 Å². The molecule has 0 aromatic carbocycles. The zero-order valence-electron chi connectivity index (χ0n) is 17.2. The number of ether oxygens (including phenoxy) is 2. The van der Waals surface area contributed by atoms with Gasteiger partial charge in [0.15, 0.2) is 24.6 Å². The van der Waals surface area contributed by atoms with Crippen LogP contribution in [0.4, 0.5) is 0 Å². The van der Waals surface area contributed by atoms with E-state index in [0.717, 1.165) is 9.13 Å². The Bertz CT molecular complexity index is 1030. The van der Waals surface area contributed by atoms with Crippen molar-refractivity contribution in [3.63, 3.8) is 0 Å². The summed E-state index contributed by atoms with van der Waals surface area (Å²) in [4.78, 5) is 53.1. The molecule has 0 bridgehead atoms. The summed E-state index contributed by atoms with van der Waals surface area (Å²) in [5, 5.41) is 0. The van der Waals surface area contributed by atoms with Crippen molar-refractivity contribution < 1.29 is 19.1 Å². The Balaban J connectivity index is 2.44. The lowest BCUT2D eigenvalue weighted by atomic mass is 9.97. The van der Waals surface area contributed by atoms with Crippen LogP contribution in [0.15, 0.2) is 15.9 Å². The highest BCUT2D eigenvalue weighted by Crippen LogP contribution is 2.17. The highest BCUT2D eigenvalue weighted by atomic mass is 16.5. The lowest BCUT2D eigenvalue weighted by Gasteiger charge is -2.18. The number of nitrogens with zero attached hydrogens (tertiary/aromatic N) is 4. The Kier molecular flexibility index (Phi) is 5.54. The van der Waals surface area contributed by atoms with Gasteiger partial charge < -0.3 is 9.47 Å². The van der Waals surface area contributed by atoms with Crippen molar-refractivity contribution >= 4 is 23.1 Å². The van der Waals surface area contributed by atoms with E-state index in [9.17, 15) is 19.2 Å². The summed E-state index contributed by atoms with van der Waals surface area (Å²) in [6.07, 6.45) is 1.30. The monoisotopic (exact) mass is 394 g/mol. The van der Waals surface area contributed by atoms with Crippen molar-refractivity contribution in [1.82, 2.24) is 18.7 Å². The topological polar surface area (TPSA) is 114 Å². The Morgan fingerprint density at radius 3 is 1.96 bits per heavy atom. The molecule has 0 aliphatic carbocycles. The average molecular weight is 394 g/mol. The molecule has 0 fully saturated rings. The average Bonchev–Trinajstić information content (AvgIpc) is 2.99. The molecule has 2 heterocycles. The van der Waals surface area contributed by atoms with Crippen LogP contribution in [-0.4, -0.2) is 30.6 Å². The Hall–Kier alpha value is -2.91. The van der Waals surface area contributed by atoms with Crippen molar-refractivity contribution in [2.45, 2.75) is 55.0 Å². The van der Waals surface area contributed by atoms with Gasteiger partial charge >= 0.3 is 17.6 Å². The Morgan fingerprint density at radius 2 is 1.46 bits per heavy atom. The minimum Gasteiger partial charge on any atom is -0.443 e. The second-order valence-corrected chi connectivity index (χ2v) is 8.58. The Morgan fingerprint density at radius 1 is 0.964 bits per heavy atom. The summed E-state index contributed by atoms with van der Waals surface area (Å²) in [5.74, 6) is -0.946. The van der Waals surface area contributed by atoms with Crippen molar-refractivity contribution in [2.24, 2.45) is 17.9 Å². The number of hydrogen-bond donors (Lipinski definition) is 0. The number of fused-ring (bicyclic) bond motifs is 1. The molecule has 0 atom stereocenters. The maximum atomic E-state index is 12.6. The van der Waals surface area contributed by atoms with Gasteiger partial charge in [-0.25, -0.2) is 14.3 Å². The predicted molar refractivity (Wildman–Crippen MR) is 100 cm³/mol. The van der Waals surface area contributed by atoms with Gasteiger partial charge in [0.1, 0.15) is 6.33 Å². The van der Waals surface area contributed by atoms with Crippen LogP contribution in [0.5, 0.6) is 0 Å². The van der Waals surface area contributed by atoms with Crippen molar-refractivity contribution in [3.05, 3.63) is 27.2 Å². The van der Waals surface area contributed by atoms with Crippen LogP contribution in [0, 0.1) is 10.8 Å². The van der Waals surface area contributed by atoms with Crippen LogP contribution in [0.2, 0.25) is 0 Å². The molecule has 0 aliphatic heterocycles. The van der Waals surface area contributed by atoms with E-state index < -0.39 is 40.7 Å². The van der Waals surface area contributed by atoms with Gasteiger partial charge in [0.25, 0.3) is 5.56 Å². The van der Waals surface area contributed by atoms with Crippen LogP contribution in [0.25, 0.3) is 11.2 Å². The third-order valence-corrected chi connectivity index (χ3v) is 3.98. The number of carbonyl (C=O) groups is 2. The Labute approximate surface area is 161 Å². The summed E-state index contributed by atoms with van der Waals surface area (Å²) in [6, 6.07) is 0. The van der Waals surface area contributed by atoms with Gasteiger partial charge in [-0.15, -0.1) is 0 Å². The van der Waals surface area contributed by atoms with Gasteiger partial charge in [-0.1, -0.05) is 0 Å². The molecule has 2 aromatic heterocycles. The molecule has 28 heavy (non-hydrogen) atoms. The zero-order valence-corrected chi connectivity index (χ0v) is 17.2. The molecule has 0 aliphatic rings. The van der Waals surface area contributed by atoms with E-state index in [2.05, 4.69) is 4.98 Å². The minimum atomic E-state index is -0.746. The number of rotatable bonds is 4. The predicted octanol–water partition coefficient (Wildman–Crippen LogP) is 0.990. The first kappa shape index (κ1) is 21.4. The number of aromatic nitrogens is 4. The fraction of sp³-hybridized carbons (Fsp3) is 0.611. The molecule has 0 radical (unpaired) electrons. The van der Waals surface area contributed by atoms with Gasteiger partial charge in [0.05, 0.1) is 10.8 Å². The highest BCUT2D eigenvalue weighted by Gasteiger charge is 2.26. The first-order chi connectivity index (χ1) is 12.7. The van der Waals surface area contributed by atoms with Gasteiger partial charge in [-0.05, 0) is 41.5 Å². The molecule has 2 aromatic rings.